The van der Waals surface area contributed by atoms with Crippen molar-refractivity contribution in [3.8, 4) is 23.0 Å². The number of carbonyl (C=O) groups is 4. The Balaban J connectivity index is 0.000000156. The first-order valence-electron chi connectivity index (χ1n) is 30.6. The Morgan fingerprint density at radius 3 is 0.800 bits per heavy atom. The van der Waals surface area contributed by atoms with Crippen LogP contribution in [0.2, 0.25) is 0 Å². The fourth-order valence-electron chi connectivity index (χ4n) is 10.1. The molecule has 4 fully saturated rings. The zero-order valence-electron chi connectivity index (χ0n) is 53.6. The molecular weight excluding hydrogens is 1340 g/mol. The summed E-state index contributed by atoms with van der Waals surface area (Å²) < 4.78 is 132. The monoisotopic (exact) mass is 1400 g/mol. The molecule has 0 spiro atoms. The van der Waals surface area contributed by atoms with Gasteiger partial charge < -0.3 is 38.5 Å². The second kappa shape index (κ2) is 32.9. The molecule has 4 atom stereocenters. The number of anilines is 4. The van der Waals surface area contributed by atoms with Crippen LogP contribution in [-0.4, -0.2) is 160 Å². The van der Waals surface area contributed by atoms with E-state index < -0.39 is 46.5 Å². The molecule has 28 nitrogen and oxygen atoms in total. The number of ether oxygens (including phenoxy) is 4. The molecule has 0 saturated carbocycles. The summed E-state index contributed by atoms with van der Waals surface area (Å²) in [4.78, 5) is 100. The molecule has 4 saturated heterocycles. The van der Waals surface area contributed by atoms with Crippen molar-refractivity contribution in [1.82, 2.24) is 58.7 Å². The maximum Gasteiger partial charge on any atom is 0.323 e. The zero-order chi connectivity index (χ0) is 71.9. The zero-order valence-corrected chi connectivity index (χ0v) is 53.6. The van der Waals surface area contributed by atoms with Crippen LogP contribution in [0.4, 0.5) is 77.6 Å². The standard InChI is InChI=1S/4C16H16F2N4O3/c2*1-21-15(23)3-2-14(20-21)19-16(24)22-5-4-12(9-22)25-13-7-10(17)6-11(18)8-13;2*1-21-15(23)5-4-14(20-21)19-16(24)22-7-6-11(9-22)25-10-2-3-12(17)13(18)8-10/h2*2-3,6-8,12H,4-5,9H2,1H3,(H,19,20,24);2*2-5,8,11H,6-7,9H2,1H3,(H,19,20,24)/t2*12-;2*11-/m1010/s1. The number of benzene rings is 4. The highest BCUT2D eigenvalue weighted by atomic mass is 19.2. The fraction of sp³-hybridized carbons (Fsp3) is 0.312. The number of aromatic nitrogens is 8. The van der Waals surface area contributed by atoms with Crippen LogP contribution >= 0.6 is 0 Å². The molecule has 4 N–H and O–H groups in total. The Kier molecular flexibility index (Phi) is 23.8. The van der Waals surface area contributed by atoms with E-state index in [1.807, 2.05) is 0 Å². The minimum atomic E-state index is -0.981. The highest BCUT2D eigenvalue weighted by Crippen LogP contribution is 2.26. The lowest BCUT2D eigenvalue weighted by molar-refractivity contribution is 0.194. The van der Waals surface area contributed by atoms with E-state index in [1.165, 1.54) is 108 Å². The molecule has 100 heavy (non-hydrogen) atoms. The van der Waals surface area contributed by atoms with E-state index in [1.54, 1.807) is 0 Å². The van der Waals surface area contributed by atoms with Gasteiger partial charge in [0.1, 0.15) is 70.7 Å². The van der Waals surface area contributed by atoms with Gasteiger partial charge in [-0.15, -0.1) is 0 Å². The van der Waals surface area contributed by atoms with E-state index >= 15 is 0 Å². The first kappa shape index (κ1) is 72.4. The van der Waals surface area contributed by atoms with E-state index in [-0.39, 0.29) is 130 Å². The van der Waals surface area contributed by atoms with Crippen LogP contribution in [-0.2, 0) is 28.2 Å². The number of carbonyl (C=O) groups excluding carboxylic acids is 4. The largest absolute Gasteiger partial charge is 0.488 e. The van der Waals surface area contributed by atoms with Crippen molar-refractivity contribution in [1.29, 1.82) is 0 Å². The van der Waals surface area contributed by atoms with Crippen molar-refractivity contribution in [3.63, 3.8) is 0 Å². The van der Waals surface area contributed by atoms with Crippen molar-refractivity contribution in [3.05, 3.63) is 209 Å². The number of urea groups is 4. The van der Waals surface area contributed by atoms with Crippen LogP contribution in [0, 0.1) is 46.5 Å². The van der Waals surface area contributed by atoms with Crippen LogP contribution in [0.5, 0.6) is 23.0 Å². The molecule has 0 bridgehead atoms. The van der Waals surface area contributed by atoms with Gasteiger partial charge in [-0.25, -0.2) is 73.0 Å². The molecular formula is C64H64F8N16O12. The van der Waals surface area contributed by atoms with Gasteiger partial charge in [0.15, 0.2) is 46.5 Å². The lowest BCUT2D eigenvalue weighted by atomic mass is 10.3. The van der Waals surface area contributed by atoms with Gasteiger partial charge in [-0.1, -0.05) is 0 Å². The fourth-order valence-corrected chi connectivity index (χ4v) is 10.1. The summed E-state index contributed by atoms with van der Waals surface area (Å²) in [5.41, 5.74) is -1.12. The average molecular weight is 1400 g/mol. The Labute approximate surface area is 561 Å². The van der Waals surface area contributed by atoms with Gasteiger partial charge in [0.25, 0.3) is 22.2 Å². The normalized spacial score (nSPS) is 16.8. The van der Waals surface area contributed by atoms with Crippen molar-refractivity contribution < 1.29 is 73.2 Å². The van der Waals surface area contributed by atoms with E-state index in [2.05, 4.69) is 41.7 Å². The molecule has 0 aliphatic carbocycles. The third-order valence-electron chi connectivity index (χ3n) is 15.2. The van der Waals surface area contributed by atoms with E-state index in [4.69, 9.17) is 18.9 Å². The van der Waals surface area contributed by atoms with Gasteiger partial charge >= 0.3 is 24.1 Å². The molecule has 8 aromatic rings. The number of nitrogens with one attached hydrogen (secondary N) is 4. The van der Waals surface area contributed by atoms with Gasteiger partial charge in [0.05, 0.1) is 26.2 Å². The molecule has 4 aliphatic heterocycles. The topological polar surface area (TPSA) is 306 Å². The number of rotatable bonds is 12. The molecule has 8 amide bonds. The van der Waals surface area contributed by atoms with Gasteiger partial charge in [0.2, 0.25) is 0 Å². The second-order valence-electron chi connectivity index (χ2n) is 22.7. The summed E-state index contributed by atoms with van der Waals surface area (Å²) >= 11 is 0. The third kappa shape index (κ3) is 20.6. The minimum Gasteiger partial charge on any atom is -0.488 e. The third-order valence-corrected chi connectivity index (χ3v) is 15.2. The Morgan fingerprint density at radius 1 is 0.330 bits per heavy atom. The number of nitrogens with zero attached hydrogens (tertiary/aromatic N) is 12. The van der Waals surface area contributed by atoms with Crippen molar-refractivity contribution in [2.75, 3.05) is 73.6 Å². The number of likely N-dealkylation sites (tertiary alicyclic amines) is 4. The van der Waals surface area contributed by atoms with Crippen LogP contribution in [0.25, 0.3) is 0 Å². The van der Waals surface area contributed by atoms with Crippen LogP contribution < -0.4 is 62.5 Å². The number of hydrogen-bond donors (Lipinski definition) is 4. The SMILES string of the molecule is Cn1nc(NC(=O)N2CC[C@@H](Oc3cc(F)cc(F)c3)C2)ccc1=O.Cn1nc(NC(=O)N2CC[C@@H](Oc3ccc(F)c(F)c3)C2)ccc1=O.Cn1nc(NC(=O)N2CC[C@H](Oc3cc(F)cc(F)c3)C2)ccc1=O.Cn1nc(NC(=O)N2CC[C@H](Oc3ccc(F)c(F)c3)C2)ccc1=O. The van der Waals surface area contributed by atoms with Gasteiger partial charge in [-0.3, -0.25) is 40.4 Å². The Morgan fingerprint density at radius 2 is 0.570 bits per heavy atom. The molecule has 528 valence electrons. The minimum absolute atomic E-state index is 0.0875. The van der Waals surface area contributed by atoms with Gasteiger partial charge in [-0.2, -0.15) is 20.4 Å². The lowest BCUT2D eigenvalue weighted by Crippen LogP contribution is -2.35. The maximum absolute atomic E-state index is 13.2. The molecule has 36 heteroatoms. The molecule has 0 unspecified atom stereocenters. The second-order valence-corrected chi connectivity index (χ2v) is 22.7. The average Bonchev–Trinajstić information content (AvgIpc) is 1.70. The van der Waals surface area contributed by atoms with Crippen molar-refractivity contribution >= 4 is 47.4 Å². The summed E-state index contributed by atoms with van der Waals surface area (Å²) in [6.07, 6.45) is 0.839. The molecule has 8 heterocycles. The molecule has 4 aromatic heterocycles. The van der Waals surface area contributed by atoms with E-state index in [9.17, 15) is 73.5 Å². The van der Waals surface area contributed by atoms with Gasteiger partial charge in [0, 0.05) is 153 Å². The summed E-state index contributed by atoms with van der Waals surface area (Å²) in [5, 5.41) is 26.1. The first-order chi connectivity index (χ1) is 47.6. The number of halogens is 8. The first-order valence-corrected chi connectivity index (χ1v) is 30.6. The predicted molar refractivity (Wildman–Crippen MR) is 342 cm³/mol. The number of aryl methyl sites for hydroxylation is 4. The van der Waals surface area contributed by atoms with Crippen LogP contribution in [0.15, 0.2) is 141 Å². The number of hydrogen-bond acceptors (Lipinski definition) is 16. The molecule has 4 aliphatic rings. The quantitative estimate of drug-likeness (QED) is 0.0897. The maximum atomic E-state index is 13.2. The summed E-state index contributed by atoms with van der Waals surface area (Å²) in [6, 6.07) is 21.9. The number of amides is 8. The van der Waals surface area contributed by atoms with Crippen molar-refractivity contribution in [2.45, 2.75) is 50.1 Å². The summed E-state index contributed by atoms with van der Waals surface area (Å²) in [6.45, 7) is 2.91. The molecule has 12 rings (SSSR count). The summed E-state index contributed by atoms with van der Waals surface area (Å²) in [5.74, 6) is -5.09. The Hall–Kier alpha value is -11.9. The van der Waals surface area contributed by atoms with E-state index in [0.29, 0.717) is 65.0 Å². The van der Waals surface area contributed by atoms with Gasteiger partial charge in [-0.05, 0) is 48.5 Å². The van der Waals surface area contributed by atoms with Crippen LogP contribution in [0.1, 0.15) is 25.7 Å². The Bertz CT molecular complexity index is 4230. The highest BCUT2D eigenvalue weighted by Gasteiger charge is 2.32. The molecule has 0 radical (unpaired) electrons. The molecule has 4 aromatic carbocycles. The summed E-state index contributed by atoms with van der Waals surface area (Å²) in [7, 11) is 5.94. The smallest absolute Gasteiger partial charge is 0.323 e. The predicted octanol–water partition coefficient (Wildman–Crippen LogP) is 6.97. The lowest BCUT2D eigenvalue weighted by Gasteiger charge is -2.17. The van der Waals surface area contributed by atoms with E-state index in [0.717, 1.165) is 79.4 Å². The van der Waals surface area contributed by atoms with Crippen LogP contribution in [0.3, 0.4) is 0 Å². The highest BCUT2D eigenvalue weighted by molar-refractivity contribution is 5.90. The van der Waals surface area contributed by atoms with Crippen molar-refractivity contribution in [2.24, 2.45) is 28.2 Å².